The third-order valence-electron chi connectivity index (χ3n) is 4.34. The van der Waals surface area contributed by atoms with Crippen molar-refractivity contribution in [3.8, 4) is 11.5 Å². The fraction of sp³-hybridized carbons (Fsp3) is 0.182. The Morgan fingerprint density at radius 2 is 1.88 bits per heavy atom. The largest absolute Gasteiger partial charge is 0.492 e. The van der Waals surface area contributed by atoms with E-state index in [-0.39, 0.29) is 0 Å². The third-order valence-corrected chi connectivity index (χ3v) is 4.34. The molecule has 0 unspecified atom stereocenters. The van der Waals surface area contributed by atoms with Crippen molar-refractivity contribution in [3.63, 3.8) is 0 Å². The molecule has 0 aliphatic carbocycles. The van der Waals surface area contributed by atoms with E-state index in [4.69, 9.17) is 13.9 Å². The Kier molecular flexibility index (Phi) is 4.30. The molecule has 0 fully saturated rings. The zero-order valence-corrected chi connectivity index (χ0v) is 14.0. The zero-order valence-electron chi connectivity index (χ0n) is 14.0. The SMILES string of the molecule is C=C1C=Cc2c(cc3occc3c2OCCCCc2ccccc2)O1. The average molecular weight is 332 g/mol. The van der Waals surface area contributed by atoms with Crippen molar-refractivity contribution in [2.24, 2.45) is 0 Å². The molecule has 1 aliphatic rings. The number of fused-ring (bicyclic) bond motifs is 2. The summed E-state index contributed by atoms with van der Waals surface area (Å²) in [6, 6.07) is 14.4. The first kappa shape index (κ1) is 15.6. The molecule has 2 aromatic carbocycles. The second-order valence-electron chi connectivity index (χ2n) is 6.14. The van der Waals surface area contributed by atoms with Gasteiger partial charge in [-0.15, -0.1) is 0 Å². The molecule has 1 aliphatic heterocycles. The lowest BCUT2D eigenvalue weighted by atomic mass is 10.1. The van der Waals surface area contributed by atoms with Gasteiger partial charge in [0.05, 0.1) is 23.8 Å². The Balaban J connectivity index is 1.45. The normalized spacial score (nSPS) is 12.9. The molecule has 25 heavy (non-hydrogen) atoms. The van der Waals surface area contributed by atoms with E-state index in [1.165, 1.54) is 5.56 Å². The van der Waals surface area contributed by atoms with Gasteiger partial charge in [0.25, 0.3) is 0 Å². The minimum absolute atomic E-state index is 0.618. The number of unbranched alkanes of at least 4 members (excludes halogenated alkanes) is 1. The monoisotopic (exact) mass is 332 g/mol. The van der Waals surface area contributed by atoms with Crippen molar-refractivity contribution in [2.45, 2.75) is 19.3 Å². The van der Waals surface area contributed by atoms with Gasteiger partial charge in [0.2, 0.25) is 0 Å². The molecular formula is C22H20O3. The molecule has 2 heterocycles. The van der Waals surface area contributed by atoms with Gasteiger partial charge in [0.15, 0.2) is 0 Å². The first-order valence-electron chi connectivity index (χ1n) is 8.57. The standard InChI is InChI=1S/C22H20O3/c1-16-10-11-18-21(25-16)15-20-19(12-14-23-20)22(18)24-13-6-5-9-17-7-3-2-4-8-17/h2-4,7-8,10-12,14-15H,1,5-6,9,13H2. The van der Waals surface area contributed by atoms with Gasteiger partial charge in [-0.3, -0.25) is 0 Å². The van der Waals surface area contributed by atoms with Gasteiger partial charge >= 0.3 is 0 Å². The van der Waals surface area contributed by atoms with Gasteiger partial charge in [0, 0.05) is 6.07 Å². The van der Waals surface area contributed by atoms with Crippen molar-refractivity contribution in [2.75, 3.05) is 6.61 Å². The second kappa shape index (κ2) is 6.89. The van der Waals surface area contributed by atoms with E-state index in [9.17, 15) is 0 Å². The van der Waals surface area contributed by atoms with E-state index >= 15 is 0 Å². The number of rotatable bonds is 6. The maximum atomic E-state index is 6.13. The Morgan fingerprint density at radius 3 is 2.76 bits per heavy atom. The number of benzene rings is 2. The molecule has 0 N–H and O–H groups in total. The number of aryl methyl sites for hydroxylation is 1. The van der Waals surface area contributed by atoms with E-state index in [2.05, 4.69) is 30.8 Å². The molecule has 0 amide bonds. The quantitative estimate of drug-likeness (QED) is 0.538. The molecule has 0 spiro atoms. The van der Waals surface area contributed by atoms with Crippen LogP contribution in [0.2, 0.25) is 0 Å². The highest BCUT2D eigenvalue weighted by Crippen LogP contribution is 2.41. The van der Waals surface area contributed by atoms with Gasteiger partial charge in [-0.1, -0.05) is 36.9 Å². The number of hydrogen-bond donors (Lipinski definition) is 0. The van der Waals surface area contributed by atoms with Crippen LogP contribution in [0.1, 0.15) is 24.0 Å². The van der Waals surface area contributed by atoms with Crippen LogP contribution in [-0.2, 0) is 6.42 Å². The Bertz CT molecular complexity index is 919. The Morgan fingerprint density at radius 1 is 1.00 bits per heavy atom. The molecule has 126 valence electrons. The maximum Gasteiger partial charge on any atom is 0.142 e. The first-order chi connectivity index (χ1) is 12.3. The Hall–Kier alpha value is -2.94. The van der Waals surface area contributed by atoms with Crippen LogP contribution in [-0.4, -0.2) is 6.61 Å². The van der Waals surface area contributed by atoms with Crippen molar-refractivity contribution >= 4 is 17.0 Å². The fourth-order valence-corrected chi connectivity index (χ4v) is 3.07. The number of hydrogen-bond acceptors (Lipinski definition) is 3. The van der Waals surface area contributed by atoms with Gasteiger partial charge in [-0.25, -0.2) is 0 Å². The zero-order chi connectivity index (χ0) is 17.1. The van der Waals surface area contributed by atoms with Crippen molar-refractivity contribution in [3.05, 3.63) is 78.3 Å². The highest BCUT2D eigenvalue weighted by molar-refractivity contribution is 5.91. The first-order valence-corrected chi connectivity index (χ1v) is 8.57. The minimum Gasteiger partial charge on any atom is -0.492 e. The molecule has 3 heteroatoms. The van der Waals surface area contributed by atoms with Crippen LogP contribution < -0.4 is 9.47 Å². The summed E-state index contributed by atoms with van der Waals surface area (Å²) in [7, 11) is 0. The van der Waals surface area contributed by atoms with Crippen LogP contribution in [0.5, 0.6) is 11.5 Å². The van der Waals surface area contributed by atoms with Crippen molar-refractivity contribution in [1.82, 2.24) is 0 Å². The van der Waals surface area contributed by atoms with Crippen LogP contribution in [0, 0.1) is 0 Å². The average Bonchev–Trinajstić information content (AvgIpc) is 3.09. The summed E-state index contributed by atoms with van der Waals surface area (Å²) in [5.41, 5.74) is 3.08. The highest BCUT2D eigenvalue weighted by Gasteiger charge is 2.19. The topological polar surface area (TPSA) is 31.6 Å². The molecule has 1 aromatic heterocycles. The van der Waals surface area contributed by atoms with Crippen molar-refractivity contribution < 1.29 is 13.9 Å². The molecule has 0 bridgehead atoms. The van der Waals surface area contributed by atoms with Crippen LogP contribution in [0.25, 0.3) is 17.0 Å². The smallest absolute Gasteiger partial charge is 0.142 e. The summed E-state index contributed by atoms with van der Waals surface area (Å²) in [6.07, 6.45) is 8.69. The second-order valence-corrected chi connectivity index (χ2v) is 6.14. The summed E-state index contributed by atoms with van der Waals surface area (Å²) >= 11 is 0. The molecular weight excluding hydrogens is 312 g/mol. The van der Waals surface area contributed by atoms with E-state index in [0.717, 1.165) is 47.3 Å². The summed E-state index contributed by atoms with van der Waals surface area (Å²) < 4.78 is 17.4. The number of allylic oxidation sites excluding steroid dienone is 1. The van der Waals surface area contributed by atoms with Gasteiger partial charge in [-0.2, -0.15) is 0 Å². The van der Waals surface area contributed by atoms with Gasteiger partial charge in [0.1, 0.15) is 22.8 Å². The fourth-order valence-electron chi connectivity index (χ4n) is 3.07. The van der Waals surface area contributed by atoms with E-state index in [1.54, 1.807) is 6.26 Å². The molecule has 0 saturated heterocycles. The predicted octanol–water partition coefficient (Wildman–Crippen LogP) is 5.75. The third kappa shape index (κ3) is 3.31. The van der Waals surface area contributed by atoms with E-state index in [1.807, 2.05) is 30.4 Å². The van der Waals surface area contributed by atoms with Crippen LogP contribution in [0.15, 0.2) is 71.6 Å². The highest BCUT2D eigenvalue weighted by atomic mass is 16.5. The molecule has 0 radical (unpaired) electrons. The summed E-state index contributed by atoms with van der Waals surface area (Å²) in [6.45, 7) is 4.51. The van der Waals surface area contributed by atoms with Gasteiger partial charge < -0.3 is 13.9 Å². The lowest BCUT2D eigenvalue weighted by Crippen LogP contribution is -2.04. The summed E-state index contributed by atoms with van der Waals surface area (Å²) in [5.74, 6) is 2.17. The lowest BCUT2D eigenvalue weighted by Gasteiger charge is -2.18. The van der Waals surface area contributed by atoms with Crippen LogP contribution in [0.4, 0.5) is 0 Å². The maximum absolute atomic E-state index is 6.13. The van der Waals surface area contributed by atoms with E-state index < -0.39 is 0 Å². The van der Waals surface area contributed by atoms with Crippen molar-refractivity contribution in [1.29, 1.82) is 0 Å². The Labute approximate surface area is 147 Å². The molecule has 0 saturated carbocycles. The summed E-state index contributed by atoms with van der Waals surface area (Å²) in [4.78, 5) is 0. The van der Waals surface area contributed by atoms with E-state index in [0.29, 0.717) is 12.4 Å². The number of ether oxygens (including phenoxy) is 2. The minimum atomic E-state index is 0.618. The molecule has 3 aromatic rings. The number of furan rings is 1. The molecule has 4 rings (SSSR count). The van der Waals surface area contributed by atoms with Gasteiger partial charge in [-0.05, 0) is 43.0 Å². The predicted molar refractivity (Wildman–Crippen MR) is 99.9 cm³/mol. The molecule has 3 nitrogen and oxygen atoms in total. The molecule has 0 atom stereocenters. The summed E-state index contributed by atoms with van der Waals surface area (Å²) in [5, 5.41) is 0.975. The lowest BCUT2D eigenvalue weighted by molar-refractivity contribution is 0.307. The van der Waals surface area contributed by atoms with Crippen LogP contribution >= 0.6 is 0 Å². The van der Waals surface area contributed by atoms with Crippen LogP contribution in [0.3, 0.4) is 0 Å².